The van der Waals surface area contributed by atoms with Crippen LogP contribution in [0.3, 0.4) is 0 Å². The van der Waals surface area contributed by atoms with Gasteiger partial charge in [-0.25, -0.2) is 4.98 Å². The maximum Gasteiger partial charge on any atom is 0.231 e. The lowest BCUT2D eigenvalue weighted by Crippen LogP contribution is -2.28. The number of fused-ring (bicyclic) bond motifs is 1. The minimum absolute atomic E-state index is 0.0143. The molecule has 2 N–H and O–H groups in total. The Labute approximate surface area is 247 Å². The minimum Gasteiger partial charge on any atom is -0.508 e. The van der Waals surface area contributed by atoms with Crippen LogP contribution < -0.4 is 14.8 Å². The molecule has 1 aromatic heterocycles. The fraction of sp³-hybridized carbons (Fsp3) is 0.250. The molecule has 1 aliphatic rings. The van der Waals surface area contributed by atoms with Crippen LogP contribution in [-0.4, -0.2) is 28.0 Å². The molecule has 0 saturated carbocycles. The second-order valence-electron chi connectivity index (χ2n) is 10.7. The largest absolute Gasteiger partial charge is 0.508 e. The van der Waals surface area contributed by atoms with Crippen molar-refractivity contribution in [2.24, 2.45) is 0 Å². The topological polar surface area (TPSA) is 68.5 Å². The molecular formula is C36H37N3O3. The van der Waals surface area contributed by atoms with Crippen LogP contribution in [0.15, 0.2) is 103 Å². The maximum atomic E-state index is 9.74. The van der Waals surface area contributed by atoms with E-state index in [2.05, 4.69) is 89.6 Å². The van der Waals surface area contributed by atoms with Crippen molar-refractivity contribution < 1.29 is 14.6 Å². The van der Waals surface area contributed by atoms with Crippen molar-refractivity contribution in [3.8, 4) is 39.9 Å². The number of rotatable bonds is 12. The summed E-state index contributed by atoms with van der Waals surface area (Å²) in [5.41, 5.74) is 6.77. The van der Waals surface area contributed by atoms with Gasteiger partial charge in [0.15, 0.2) is 11.5 Å². The number of nitrogens with zero attached hydrogens (tertiary/aromatic N) is 2. The first-order valence-corrected chi connectivity index (χ1v) is 14.8. The summed E-state index contributed by atoms with van der Waals surface area (Å²) in [4.78, 5) is 5.35. The predicted octanol–water partition coefficient (Wildman–Crippen LogP) is 7.57. The van der Waals surface area contributed by atoms with Crippen LogP contribution in [0.4, 0.5) is 0 Å². The van der Waals surface area contributed by atoms with Crippen LogP contribution in [0.1, 0.15) is 42.6 Å². The number of nitrogens with one attached hydrogen (secondary N) is 1. The molecule has 4 aromatic carbocycles. The summed E-state index contributed by atoms with van der Waals surface area (Å²) in [6, 6.07) is 34.7. The highest BCUT2D eigenvalue weighted by atomic mass is 16.7. The molecule has 0 spiro atoms. The summed E-state index contributed by atoms with van der Waals surface area (Å²) in [5, 5.41) is 13.7. The molecule has 0 bridgehead atoms. The van der Waals surface area contributed by atoms with E-state index in [1.807, 2.05) is 18.2 Å². The Morgan fingerprint density at radius 2 is 1.52 bits per heavy atom. The molecule has 1 aliphatic heterocycles. The molecule has 42 heavy (non-hydrogen) atoms. The second-order valence-corrected chi connectivity index (χ2v) is 10.7. The van der Waals surface area contributed by atoms with E-state index in [9.17, 15) is 5.11 Å². The number of phenolic OH excluding ortho intramolecular Hbond substituents is 1. The molecular weight excluding hydrogens is 522 g/mol. The molecule has 0 amide bonds. The normalized spacial score (nSPS) is 12.9. The van der Waals surface area contributed by atoms with Crippen LogP contribution in [0, 0.1) is 0 Å². The van der Waals surface area contributed by atoms with Crippen molar-refractivity contribution in [2.75, 3.05) is 13.3 Å². The van der Waals surface area contributed by atoms with Crippen LogP contribution in [0.2, 0.25) is 0 Å². The van der Waals surface area contributed by atoms with E-state index in [0.717, 1.165) is 72.9 Å². The smallest absolute Gasteiger partial charge is 0.231 e. The second kappa shape index (κ2) is 13.0. The summed E-state index contributed by atoms with van der Waals surface area (Å²) in [6.07, 6.45) is 3.75. The van der Waals surface area contributed by atoms with Crippen molar-refractivity contribution in [1.82, 2.24) is 14.9 Å². The van der Waals surface area contributed by atoms with Gasteiger partial charge in [-0.1, -0.05) is 92.2 Å². The van der Waals surface area contributed by atoms with E-state index in [1.165, 1.54) is 16.8 Å². The molecule has 0 aliphatic carbocycles. The molecule has 1 unspecified atom stereocenters. The minimum atomic E-state index is -0.0143. The number of hydrogen-bond donors (Lipinski definition) is 2. The maximum absolute atomic E-state index is 9.74. The Bertz CT molecular complexity index is 1600. The Morgan fingerprint density at radius 1 is 0.833 bits per heavy atom. The average Bonchev–Trinajstić information content (AvgIpc) is 3.66. The van der Waals surface area contributed by atoms with Gasteiger partial charge >= 0.3 is 0 Å². The molecule has 6 rings (SSSR count). The highest BCUT2D eigenvalue weighted by Gasteiger charge is 2.27. The number of aromatic hydroxyl groups is 1. The number of unbranched alkanes of at least 4 members (excludes halogenated alkanes) is 1. The van der Waals surface area contributed by atoms with Gasteiger partial charge in [0.2, 0.25) is 6.79 Å². The lowest BCUT2D eigenvalue weighted by molar-refractivity contribution is 0.174. The van der Waals surface area contributed by atoms with Crippen molar-refractivity contribution in [1.29, 1.82) is 0 Å². The molecule has 0 fully saturated rings. The first-order valence-electron chi connectivity index (χ1n) is 14.8. The van der Waals surface area contributed by atoms with Gasteiger partial charge in [-0.05, 0) is 61.2 Å². The van der Waals surface area contributed by atoms with Crippen LogP contribution in [0.5, 0.6) is 17.2 Å². The van der Waals surface area contributed by atoms with Gasteiger partial charge < -0.3 is 24.5 Å². The zero-order valence-electron chi connectivity index (χ0n) is 24.0. The monoisotopic (exact) mass is 559 g/mol. The van der Waals surface area contributed by atoms with E-state index < -0.39 is 0 Å². The molecule has 5 aromatic rings. The molecule has 6 nitrogen and oxygen atoms in total. The van der Waals surface area contributed by atoms with E-state index >= 15 is 0 Å². The summed E-state index contributed by atoms with van der Waals surface area (Å²) < 4.78 is 13.8. The van der Waals surface area contributed by atoms with Crippen LogP contribution in [-0.2, 0) is 19.4 Å². The molecule has 214 valence electrons. The van der Waals surface area contributed by atoms with Crippen LogP contribution in [0.25, 0.3) is 22.6 Å². The van der Waals surface area contributed by atoms with Gasteiger partial charge in [0, 0.05) is 17.7 Å². The van der Waals surface area contributed by atoms with Crippen molar-refractivity contribution in [2.45, 2.75) is 45.2 Å². The van der Waals surface area contributed by atoms with Crippen LogP contribution >= 0.6 is 0 Å². The van der Waals surface area contributed by atoms with Crippen molar-refractivity contribution in [3.63, 3.8) is 0 Å². The van der Waals surface area contributed by atoms with Gasteiger partial charge in [-0.2, -0.15) is 0 Å². The number of ether oxygens (including phenoxy) is 2. The van der Waals surface area contributed by atoms with E-state index in [0.29, 0.717) is 0 Å². The fourth-order valence-corrected chi connectivity index (χ4v) is 5.60. The Balaban J connectivity index is 1.44. The lowest BCUT2D eigenvalue weighted by Gasteiger charge is -2.24. The van der Waals surface area contributed by atoms with Gasteiger partial charge in [-0.3, -0.25) is 0 Å². The zero-order chi connectivity index (χ0) is 28.7. The standard InChI is InChI=1S/C36H37N3O3/c1-2-3-22-39-35(34(28-10-6-4-7-11-28)38-36(39)29-12-8-5-9-13-29)31(37-21-20-26-14-17-30(40)18-15-26)23-27-16-19-32-33(24-27)42-25-41-32/h4-19,24,31,37,40H,2-3,20-23,25H2,1H3. The summed E-state index contributed by atoms with van der Waals surface area (Å²) in [6.45, 7) is 4.15. The average molecular weight is 560 g/mol. The SMILES string of the molecule is CCCCn1c(-c2ccccc2)nc(-c2ccccc2)c1C(Cc1ccc2c(c1)OCO2)NCCc1ccc(O)cc1. The highest BCUT2D eigenvalue weighted by molar-refractivity contribution is 5.69. The molecule has 1 atom stereocenters. The first kappa shape index (κ1) is 27.6. The third kappa shape index (κ3) is 6.19. The predicted molar refractivity (Wildman–Crippen MR) is 167 cm³/mol. The molecule has 2 heterocycles. The Kier molecular flexibility index (Phi) is 8.52. The summed E-state index contributed by atoms with van der Waals surface area (Å²) >= 11 is 0. The van der Waals surface area contributed by atoms with Crippen molar-refractivity contribution in [3.05, 3.63) is 120 Å². The van der Waals surface area contributed by atoms with Gasteiger partial charge in [0.1, 0.15) is 11.6 Å². The molecule has 0 saturated heterocycles. The highest BCUT2D eigenvalue weighted by Crippen LogP contribution is 2.37. The number of hydrogen-bond acceptors (Lipinski definition) is 5. The quantitative estimate of drug-likeness (QED) is 0.165. The third-order valence-corrected chi connectivity index (χ3v) is 7.77. The Morgan fingerprint density at radius 3 is 2.26 bits per heavy atom. The number of imidazole rings is 1. The van der Waals surface area contributed by atoms with E-state index in [4.69, 9.17) is 14.5 Å². The summed E-state index contributed by atoms with van der Waals surface area (Å²) in [5.74, 6) is 2.87. The van der Waals surface area contributed by atoms with Gasteiger partial charge in [-0.15, -0.1) is 0 Å². The van der Waals surface area contributed by atoms with Gasteiger partial charge in [0.05, 0.1) is 17.4 Å². The number of phenols is 1. The molecule has 0 radical (unpaired) electrons. The molecule has 6 heteroatoms. The summed E-state index contributed by atoms with van der Waals surface area (Å²) in [7, 11) is 0. The van der Waals surface area contributed by atoms with Crippen molar-refractivity contribution >= 4 is 0 Å². The first-order chi connectivity index (χ1) is 20.7. The Hall–Kier alpha value is -4.55. The lowest BCUT2D eigenvalue weighted by atomic mass is 9.98. The fourth-order valence-electron chi connectivity index (χ4n) is 5.60. The van der Waals surface area contributed by atoms with Gasteiger partial charge in [0.25, 0.3) is 0 Å². The third-order valence-electron chi connectivity index (χ3n) is 7.77. The van der Waals surface area contributed by atoms with E-state index in [1.54, 1.807) is 12.1 Å². The zero-order valence-corrected chi connectivity index (χ0v) is 24.0. The van der Waals surface area contributed by atoms with E-state index in [-0.39, 0.29) is 18.6 Å². The number of benzene rings is 4. The number of aromatic nitrogens is 2.